The first kappa shape index (κ1) is 17.0. The van der Waals surface area contributed by atoms with Crippen molar-refractivity contribution in [2.24, 2.45) is 4.99 Å². The van der Waals surface area contributed by atoms with E-state index in [-0.39, 0.29) is 0 Å². The first-order valence-electron chi connectivity index (χ1n) is 8.39. The molecule has 5 nitrogen and oxygen atoms in total. The minimum absolute atomic E-state index is 0.649. The van der Waals surface area contributed by atoms with E-state index in [0.717, 1.165) is 35.5 Å². The molecular weight excluding hydrogens is 364 g/mol. The van der Waals surface area contributed by atoms with Gasteiger partial charge < -0.3 is 4.42 Å². The zero-order valence-electron chi connectivity index (χ0n) is 14.2. The molecule has 0 unspecified atom stereocenters. The van der Waals surface area contributed by atoms with Crippen LogP contribution in [0.3, 0.4) is 0 Å². The Morgan fingerprint density at radius 1 is 1.31 bits per heavy atom. The normalized spacial score (nSPS) is 13.7. The maximum atomic E-state index is 9.49. The van der Waals surface area contributed by atoms with Crippen LogP contribution in [0.1, 0.15) is 40.3 Å². The molecule has 3 heterocycles. The second-order valence-corrected chi connectivity index (χ2v) is 8.06. The average Bonchev–Trinajstić information content (AvgIpc) is 3.23. The molecule has 7 heteroatoms. The van der Waals surface area contributed by atoms with Gasteiger partial charge in [-0.15, -0.1) is 11.3 Å². The summed E-state index contributed by atoms with van der Waals surface area (Å²) in [5.41, 5.74) is 2.85. The summed E-state index contributed by atoms with van der Waals surface area (Å²) in [6.45, 7) is 1.93. The van der Waals surface area contributed by atoms with Crippen molar-refractivity contribution < 1.29 is 4.42 Å². The van der Waals surface area contributed by atoms with E-state index in [1.165, 1.54) is 28.6 Å². The Bertz CT molecular complexity index is 1010. The molecule has 0 N–H and O–H groups in total. The first-order valence-corrected chi connectivity index (χ1v) is 10.0. The van der Waals surface area contributed by atoms with Crippen LogP contribution in [-0.2, 0) is 12.8 Å². The van der Waals surface area contributed by atoms with E-state index < -0.39 is 0 Å². The van der Waals surface area contributed by atoms with Crippen molar-refractivity contribution in [2.75, 3.05) is 0 Å². The average molecular weight is 380 g/mol. The van der Waals surface area contributed by atoms with Crippen molar-refractivity contribution in [1.82, 2.24) is 9.97 Å². The Morgan fingerprint density at radius 3 is 3.04 bits per heavy atom. The third kappa shape index (κ3) is 3.57. The van der Waals surface area contributed by atoms with Gasteiger partial charge in [0, 0.05) is 16.8 Å². The third-order valence-corrected chi connectivity index (χ3v) is 6.14. The molecule has 0 fully saturated rings. The highest BCUT2D eigenvalue weighted by Crippen LogP contribution is 2.39. The highest BCUT2D eigenvalue weighted by molar-refractivity contribution is 7.99. The van der Waals surface area contributed by atoms with Crippen molar-refractivity contribution in [3.8, 4) is 6.07 Å². The van der Waals surface area contributed by atoms with Gasteiger partial charge in [-0.05, 0) is 68.1 Å². The molecule has 0 radical (unpaired) electrons. The third-order valence-electron chi connectivity index (χ3n) is 4.14. The molecule has 0 spiro atoms. The van der Waals surface area contributed by atoms with Gasteiger partial charge in [0.25, 0.3) is 0 Å². The van der Waals surface area contributed by atoms with Crippen LogP contribution >= 0.6 is 23.1 Å². The van der Waals surface area contributed by atoms with Gasteiger partial charge in [-0.25, -0.2) is 15.0 Å². The monoisotopic (exact) mass is 380 g/mol. The van der Waals surface area contributed by atoms with E-state index in [0.29, 0.717) is 16.0 Å². The molecule has 3 aromatic rings. The molecule has 3 aromatic heterocycles. The number of aliphatic imine (C=N–C) groups is 1. The van der Waals surface area contributed by atoms with Crippen LogP contribution in [0.5, 0.6) is 0 Å². The lowest BCUT2D eigenvalue weighted by molar-refractivity contribution is 0.468. The summed E-state index contributed by atoms with van der Waals surface area (Å²) in [4.78, 5) is 14.4. The maximum Gasteiger partial charge on any atom is 0.195 e. The van der Waals surface area contributed by atoms with Gasteiger partial charge >= 0.3 is 0 Å². The number of fused-ring (bicyclic) bond motifs is 1. The van der Waals surface area contributed by atoms with Crippen LogP contribution in [0.4, 0.5) is 5.00 Å². The van der Waals surface area contributed by atoms with E-state index in [9.17, 15) is 5.26 Å². The Hall–Kier alpha value is -2.43. The molecule has 0 aromatic carbocycles. The van der Waals surface area contributed by atoms with Crippen molar-refractivity contribution >= 4 is 34.3 Å². The molecule has 1 aliphatic rings. The summed E-state index contributed by atoms with van der Waals surface area (Å²) in [5, 5.41) is 11.6. The number of nitrogens with zero attached hydrogens (tertiary/aromatic N) is 4. The molecule has 26 heavy (non-hydrogen) atoms. The number of aromatic nitrogens is 2. The highest BCUT2D eigenvalue weighted by atomic mass is 32.2. The van der Waals surface area contributed by atoms with Gasteiger partial charge in [0.05, 0.1) is 11.8 Å². The van der Waals surface area contributed by atoms with Crippen LogP contribution in [0.25, 0.3) is 0 Å². The van der Waals surface area contributed by atoms with Gasteiger partial charge in [-0.2, -0.15) is 5.26 Å². The zero-order valence-corrected chi connectivity index (χ0v) is 15.9. The van der Waals surface area contributed by atoms with Crippen LogP contribution < -0.4 is 0 Å². The molecule has 1 aliphatic carbocycles. The lowest BCUT2D eigenvalue weighted by atomic mass is 9.96. The Labute approximate surface area is 159 Å². The summed E-state index contributed by atoms with van der Waals surface area (Å²) in [7, 11) is 0. The fourth-order valence-electron chi connectivity index (χ4n) is 2.90. The largest absolute Gasteiger partial charge is 0.448 e. The molecule has 0 saturated carbocycles. The van der Waals surface area contributed by atoms with Gasteiger partial charge in [0.2, 0.25) is 0 Å². The van der Waals surface area contributed by atoms with E-state index >= 15 is 0 Å². The minimum Gasteiger partial charge on any atom is -0.448 e. The Morgan fingerprint density at radius 2 is 2.19 bits per heavy atom. The van der Waals surface area contributed by atoms with Gasteiger partial charge in [0.15, 0.2) is 10.2 Å². The number of aryl methyl sites for hydroxylation is 2. The maximum absolute atomic E-state index is 9.49. The SMILES string of the molecule is Cc1ccnc(Sc2ccc(C=Nc3sc4c(c3C#N)CCCC4)o2)n1. The van der Waals surface area contributed by atoms with E-state index in [1.807, 2.05) is 25.1 Å². The number of thiophene rings is 1. The van der Waals surface area contributed by atoms with Crippen LogP contribution in [0, 0.1) is 18.3 Å². The number of hydrogen-bond acceptors (Lipinski definition) is 7. The van der Waals surface area contributed by atoms with Crippen molar-refractivity contribution in [2.45, 2.75) is 42.9 Å². The van der Waals surface area contributed by atoms with E-state index in [2.05, 4.69) is 21.0 Å². The number of nitriles is 1. The second-order valence-electron chi connectivity index (χ2n) is 6.00. The van der Waals surface area contributed by atoms with E-state index in [1.54, 1.807) is 23.7 Å². The van der Waals surface area contributed by atoms with Crippen LogP contribution in [0.2, 0.25) is 0 Å². The summed E-state index contributed by atoms with van der Waals surface area (Å²) >= 11 is 3.00. The molecule has 130 valence electrons. The Kier molecular flexibility index (Phi) is 4.87. The molecule has 0 bridgehead atoms. The van der Waals surface area contributed by atoms with Gasteiger partial charge in [-0.1, -0.05) is 0 Å². The topological polar surface area (TPSA) is 75.1 Å². The molecule has 0 saturated heterocycles. The fraction of sp³-hybridized carbons (Fsp3) is 0.263. The predicted molar refractivity (Wildman–Crippen MR) is 103 cm³/mol. The quantitative estimate of drug-likeness (QED) is 0.465. The number of rotatable bonds is 4. The van der Waals surface area contributed by atoms with Crippen molar-refractivity contribution in [1.29, 1.82) is 5.26 Å². The second kappa shape index (κ2) is 7.44. The van der Waals surface area contributed by atoms with Gasteiger partial charge in [0.1, 0.15) is 16.8 Å². The zero-order chi connectivity index (χ0) is 17.9. The summed E-state index contributed by atoms with van der Waals surface area (Å²) in [5.74, 6) is 0.649. The Balaban J connectivity index is 1.52. The molecule has 4 rings (SSSR count). The number of furan rings is 1. The molecule has 0 amide bonds. The minimum atomic E-state index is 0.649. The predicted octanol–water partition coefficient (Wildman–Crippen LogP) is 5.09. The van der Waals surface area contributed by atoms with Gasteiger partial charge in [-0.3, -0.25) is 0 Å². The fourth-order valence-corrected chi connectivity index (χ4v) is 4.84. The molecule has 0 atom stereocenters. The highest BCUT2D eigenvalue weighted by Gasteiger charge is 2.20. The lowest BCUT2D eigenvalue weighted by Gasteiger charge is -2.09. The molecular formula is C19H16N4OS2. The summed E-state index contributed by atoms with van der Waals surface area (Å²) < 4.78 is 5.78. The van der Waals surface area contributed by atoms with E-state index in [4.69, 9.17) is 4.42 Å². The van der Waals surface area contributed by atoms with Crippen molar-refractivity contribution in [3.63, 3.8) is 0 Å². The first-order chi connectivity index (χ1) is 12.7. The standard InChI is InChI=1S/C19H16N4OS2/c1-12-8-9-21-19(23-12)26-17-7-6-13(24-17)11-22-18-15(10-20)14-4-2-3-5-16(14)25-18/h6-9,11H,2-5H2,1H3. The smallest absolute Gasteiger partial charge is 0.195 e. The summed E-state index contributed by atoms with van der Waals surface area (Å²) in [6, 6.07) is 7.93. The molecule has 0 aliphatic heterocycles. The summed E-state index contributed by atoms with van der Waals surface area (Å²) in [6.07, 6.45) is 7.81. The lowest BCUT2D eigenvalue weighted by Crippen LogP contribution is -1.99. The van der Waals surface area contributed by atoms with Crippen LogP contribution in [0.15, 0.2) is 44.1 Å². The van der Waals surface area contributed by atoms with Crippen molar-refractivity contribution in [3.05, 3.63) is 51.9 Å². The van der Waals surface area contributed by atoms with Crippen LogP contribution in [-0.4, -0.2) is 16.2 Å². The number of hydrogen-bond donors (Lipinski definition) is 0.